The van der Waals surface area contributed by atoms with E-state index in [1.165, 1.54) is 0 Å². The average molecular weight is 262 g/mol. The van der Waals surface area contributed by atoms with Crippen molar-refractivity contribution in [2.75, 3.05) is 5.32 Å². The maximum Gasteiger partial charge on any atom is 0.251 e. The Morgan fingerprint density at radius 1 is 1.05 bits per heavy atom. The summed E-state index contributed by atoms with van der Waals surface area (Å²) in [5, 5.41) is 5.63. The summed E-state index contributed by atoms with van der Waals surface area (Å²) >= 11 is 0. The first kappa shape index (κ1) is 15.2. The van der Waals surface area contributed by atoms with Crippen molar-refractivity contribution in [2.24, 2.45) is 5.92 Å². The van der Waals surface area contributed by atoms with E-state index in [2.05, 4.69) is 10.6 Å². The molecule has 0 aromatic heterocycles. The van der Waals surface area contributed by atoms with Crippen molar-refractivity contribution < 1.29 is 9.59 Å². The fraction of sp³-hybridized carbons (Fsp3) is 0.467. The van der Waals surface area contributed by atoms with Crippen LogP contribution in [0.4, 0.5) is 5.69 Å². The Balaban J connectivity index is 2.61. The summed E-state index contributed by atoms with van der Waals surface area (Å²) in [6.07, 6.45) is 0.496. The molecule has 0 fully saturated rings. The molecule has 0 aliphatic carbocycles. The highest BCUT2D eigenvalue weighted by Gasteiger charge is 2.08. The van der Waals surface area contributed by atoms with Gasteiger partial charge >= 0.3 is 0 Å². The predicted molar refractivity (Wildman–Crippen MR) is 77.1 cm³/mol. The van der Waals surface area contributed by atoms with Gasteiger partial charge in [0.05, 0.1) is 0 Å². The van der Waals surface area contributed by atoms with Crippen LogP contribution in [-0.4, -0.2) is 17.9 Å². The van der Waals surface area contributed by atoms with E-state index >= 15 is 0 Å². The first-order chi connectivity index (χ1) is 8.88. The van der Waals surface area contributed by atoms with Crippen LogP contribution in [0.3, 0.4) is 0 Å². The van der Waals surface area contributed by atoms with E-state index in [9.17, 15) is 9.59 Å². The lowest BCUT2D eigenvalue weighted by Crippen LogP contribution is -2.30. The van der Waals surface area contributed by atoms with Crippen LogP contribution >= 0.6 is 0 Å². The molecule has 19 heavy (non-hydrogen) atoms. The molecule has 0 unspecified atom stereocenters. The largest absolute Gasteiger partial charge is 0.350 e. The van der Waals surface area contributed by atoms with Crippen LogP contribution in [0, 0.1) is 5.92 Å². The molecular weight excluding hydrogens is 240 g/mol. The number of carbonyl (C=O) groups is 2. The Labute approximate surface area is 114 Å². The molecule has 104 valence electrons. The zero-order chi connectivity index (χ0) is 14.4. The molecule has 0 saturated carbocycles. The molecular formula is C15H22N2O2. The smallest absolute Gasteiger partial charge is 0.251 e. The first-order valence-electron chi connectivity index (χ1n) is 6.59. The molecule has 1 rings (SSSR count). The highest BCUT2D eigenvalue weighted by Crippen LogP contribution is 2.11. The molecule has 2 N–H and O–H groups in total. The van der Waals surface area contributed by atoms with Crippen molar-refractivity contribution in [3.8, 4) is 0 Å². The monoisotopic (exact) mass is 262 g/mol. The second kappa shape index (κ2) is 6.92. The Kier molecular flexibility index (Phi) is 5.55. The number of hydrogen-bond donors (Lipinski definition) is 2. The SMILES string of the molecule is CC(C)CC(=O)Nc1ccc(C(=O)NC(C)C)cc1. The van der Waals surface area contributed by atoms with Crippen molar-refractivity contribution in [1.82, 2.24) is 5.32 Å². The maximum atomic E-state index is 11.7. The molecule has 0 aliphatic rings. The minimum absolute atomic E-state index is 0.00520. The van der Waals surface area contributed by atoms with Crippen LogP contribution in [0.5, 0.6) is 0 Å². The molecule has 0 heterocycles. The predicted octanol–water partition coefficient (Wildman–Crippen LogP) is 2.81. The molecule has 0 aliphatic heterocycles. The zero-order valence-electron chi connectivity index (χ0n) is 12.0. The lowest BCUT2D eigenvalue weighted by atomic mass is 10.1. The molecule has 0 radical (unpaired) electrons. The zero-order valence-corrected chi connectivity index (χ0v) is 12.0. The summed E-state index contributed by atoms with van der Waals surface area (Å²) in [7, 11) is 0. The Hall–Kier alpha value is -1.84. The average Bonchev–Trinajstić information content (AvgIpc) is 2.27. The van der Waals surface area contributed by atoms with E-state index in [1.807, 2.05) is 27.7 Å². The van der Waals surface area contributed by atoms with E-state index in [1.54, 1.807) is 24.3 Å². The Bertz CT molecular complexity index is 436. The van der Waals surface area contributed by atoms with Gasteiger partial charge in [-0.2, -0.15) is 0 Å². The highest BCUT2D eigenvalue weighted by atomic mass is 16.2. The van der Waals surface area contributed by atoms with Gasteiger partial charge in [0, 0.05) is 23.7 Å². The van der Waals surface area contributed by atoms with Crippen molar-refractivity contribution in [3.63, 3.8) is 0 Å². The number of amides is 2. The fourth-order valence-electron chi connectivity index (χ4n) is 1.63. The van der Waals surface area contributed by atoms with Gasteiger partial charge in [0.15, 0.2) is 0 Å². The molecule has 2 amide bonds. The van der Waals surface area contributed by atoms with Gasteiger partial charge in [-0.1, -0.05) is 13.8 Å². The van der Waals surface area contributed by atoms with Crippen LogP contribution in [0.15, 0.2) is 24.3 Å². The van der Waals surface area contributed by atoms with Crippen molar-refractivity contribution in [1.29, 1.82) is 0 Å². The maximum absolute atomic E-state index is 11.7. The second-order valence-electron chi connectivity index (χ2n) is 5.35. The topological polar surface area (TPSA) is 58.2 Å². The van der Waals surface area contributed by atoms with Gasteiger partial charge in [-0.3, -0.25) is 9.59 Å². The first-order valence-corrected chi connectivity index (χ1v) is 6.59. The van der Waals surface area contributed by atoms with E-state index < -0.39 is 0 Å². The quantitative estimate of drug-likeness (QED) is 0.857. The molecule has 0 atom stereocenters. The van der Waals surface area contributed by atoms with Crippen LogP contribution in [-0.2, 0) is 4.79 Å². The van der Waals surface area contributed by atoms with Crippen LogP contribution in [0.25, 0.3) is 0 Å². The summed E-state index contributed by atoms with van der Waals surface area (Å²) in [4.78, 5) is 23.3. The van der Waals surface area contributed by atoms with Gasteiger partial charge < -0.3 is 10.6 Å². The summed E-state index contributed by atoms with van der Waals surface area (Å²) < 4.78 is 0. The summed E-state index contributed by atoms with van der Waals surface area (Å²) in [6.45, 7) is 7.83. The van der Waals surface area contributed by atoms with Gasteiger partial charge in [-0.15, -0.1) is 0 Å². The molecule has 0 spiro atoms. The van der Waals surface area contributed by atoms with Crippen molar-refractivity contribution in [3.05, 3.63) is 29.8 Å². The molecule has 1 aromatic carbocycles. The minimum atomic E-state index is -0.102. The molecule has 4 nitrogen and oxygen atoms in total. The van der Waals surface area contributed by atoms with E-state index in [-0.39, 0.29) is 17.9 Å². The van der Waals surface area contributed by atoms with Crippen molar-refractivity contribution >= 4 is 17.5 Å². The van der Waals surface area contributed by atoms with Crippen molar-refractivity contribution in [2.45, 2.75) is 40.2 Å². The molecule has 0 bridgehead atoms. The van der Waals surface area contributed by atoms with Gasteiger partial charge in [0.2, 0.25) is 5.91 Å². The van der Waals surface area contributed by atoms with Crippen LogP contribution < -0.4 is 10.6 Å². The highest BCUT2D eigenvalue weighted by molar-refractivity contribution is 5.95. The van der Waals surface area contributed by atoms with Gasteiger partial charge in [-0.25, -0.2) is 0 Å². The Morgan fingerprint density at radius 2 is 1.63 bits per heavy atom. The van der Waals surface area contributed by atoms with Crippen LogP contribution in [0.1, 0.15) is 44.5 Å². The molecule has 1 aromatic rings. The Morgan fingerprint density at radius 3 is 2.11 bits per heavy atom. The summed E-state index contributed by atoms with van der Waals surface area (Å²) in [6, 6.07) is 7.02. The summed E-state index contributed by atoms with van der Waals surface area (Å²) in [5.41, 5.74) is 1.31. The summed E-state index contributed by atoms with van der Waals surface area (Å²) in [5.74, 6) is 0.223. The standard InChI is InChI=1S/C15H22N2O2/c1-10(2)9-14(18)17-13-7-5-12(6-8-13)15(19)16-11(3)4/h5-8,10-11H,9H2,1-4H3,(H,16,19)(H,17,18). The second-order valence-corrected chi connectivity index (χ2v) is 5.35. The lowest BCUT2D eigenvalue weighted by molar-refractivity contribution is -0.116. The van der Waals surface area contributed by atoms with E-state index in [4.69, 9.17) is 0 Å². The third-order valence-electron chi connectivity index (χ3n) is 2.44. The van der Waals surface area contributed by atoms with E-state index in [0.29, 0.717) is 23.6 Å². The number of nitrogens with one attached hydrogen (secondary N) is 2. The normalized spacial score (nSPS) is 10.6. The fourth-order valence-corrected chi connectivity index (χ4v) is 1.63. The number of carbonyl (C=O) groups excluding carboxylic acids is 2. The minimum Gasteiger partial charge on any atom is -0.350 e. The number of anilines is 1. The molecule has 0 saturated heterocycles. The number of hydrogen-bond acceptors (Lipinski definition) is 2. The number of benzene rings is 1. The lowest BCUT2D eigenvalue weighted by Gasteiger charge is -2.10. The van der Waals surface area contributed by atoms with Crippen LogP contribution in [0.2, 0.25) is 0 Å². The van der Waals surface area contributed by atoms with Gasteiger partial charge in [0.25, 0.3) is 5.91 Å². The third kappa shape index (κ3) is 5.55. The molecule has 4 heteroatoms. The third-order valence-corrected chi connectivity index (χ3v) is 2.44. The van der Waals surface area contributed by atoms with E-state index in [0.717, 1.165) is 0 Å². The number of rotatable bonds is 5. The van der Waals surface area contributed by atoms with Gasteiger partial charge in [0.1, 0.15) is 0 Å². The van der Waals surface area contributed by atoms with Gasteiger partial charge in [-0.05, 0) is 44.0 Å².